The van der Waals surface area contributed by atoms with E-state index >= 15 is 0 Å². The van der Waals surface area contributed by atoms with E-state index in [0.717, 1.165) is 53.1 Å². The Kier molecular flexibility index (Phi) is 5.90. The van der Waals surface area contributed by atoms with Crippen LogP contribution in [0.25, 0.3) is 11.3 Å². The van der Waals surface area contributed by atoms with Gasteiger partial charge in [-0.25, -0.2) is 4.98 Å². The van der Waals surface area contributed by atoms with E-state index in [2.05, 4.69) is 54.6 Å². The molecule has 5 nitrogen and oxygen atoms in total. The summed E-state index contributed by atoms with van der Waals surface area (Å²) >= 11 is 1.60. The molecule has 1 aromatic heterocycles. The number of hydrogen-bond donors (Lipinski definition) is 1. The minimum Gasteiger partial charge on any atom is -0.490 e. The molecular weight excluding hydrogens is 382 g/mol. The van der Waals surface area contributed by atoms with Crippen molar-refractivity contribution in [2.45, 2.75) is 27.2 Å². The Balaban J connectivity index is 1.52. The van der Waals surface area contributed by atoms with Crippen LogP contribution >= 0.6 is 11.3 Å². The first-order valence-corrected chi connectivity index (χ1v) is 11.0. The molecule has 1 aliphatic rings. The molecule has 0 amide bonds. The van der Waals surface area contributed by atoms with Crippen LogP contribution in [-0.2, 0) is 0 Å². The number of nitrogens with one attached hydrogen (secondary N) is 1. The highest BCUT2D eigenvalue weighted by Crippen LogP contribution is 2.36. The van der Waals surface area contributed by atoms with Gasteiger partial charge in [0.05, 0.1) is 18.9 Å². The molecule has 0 spiro atoms. The lowest BCUT2D eigenvalue weighted by Crippen LogP contribution is -2.21. The number of aromatic nitrogens is 1. The summed E-state index contributed by atoms with van der Waals surface area (Å²) in [6.07, 6.45) is 0.904. The molecule has 6 heteroatoms. The van der Waals surface area contributed by atoms with Crippen LogP contribution in [0.3, 0.4) is 0 Å². The number of ether oxygens (including phenoxy) is 2. The van der Waals surface area contributed by atoms with Gasteiger partial charge >= 0.3 is 0 Å². The van der Waals surface area contributed by atoms with Gasteiger partial charge in [0.15, 0.2) is 16.6 Å². The van der Waals surface area contributed by atoms with Crippen LogP contribution in [0, 0.1) is 6.92 Å². The number of benzene rings is 2. The molecule has 0 saturated carbocycles. The van der Waals surface area contributed by atoms with Gasteiger partial charge in [-0.1, -0.05) is 0 Å². The predicted molar refractivity (Wildman–Crippen MR) is 121 cm³/mol. The summed E-state index contributed by atoms with van der Waals surface area (Å²) in [5, 5.41) is 6.42. The molecule has 0 bridgehead atoms. The standard InChI is InChI=1S/C23H27N3O2S/c1-4-26(5-2)18-8-9-19(16(3)13-18)24-23-25-20(15-29-23)17-7-10-21-22(14-17)28-12-6-11-27-21/h7-10,13-15H,4-6,11-12H2,1-3H3,(H,24,25). The summed E-state index contributed by atoms with van der Waals surface area (Å²) in [4.78, 5) is 7.13. The van der Waals surface area contributed by atoms with Crippen molar-refractivity contribution in [2.24, 2.45) is 0 Å². The summed E-state index contributed by atoms with van der Waals surface area (Å²) in [6.45, 7) is 9.89. The predicted octanol–water partition coefficient (Wildman–Crippen LogP) is 5.87. The summed E-state index contributed by atoms with van der Waals surface area (Å²) in [5.74, 6) is 1.61. The first-order chi connectivity index (χ1) is 14.2. The second-order valence-electron chi connectivity index (χ2n) is 7.05. The third kappa shape index (κ3) is 4.32. The molecule has 4 rings (SSSR count). The minimum absolute atomic E-state index is 0.684. The number of fused-ring (bicyclic) bond motifs is 1. The van der Waals surface area contributed by atoms with Gasteiger partial charge < -0.3 is 19.7 Å². The average Bonchev–Trinajstić information content (AvgIpc) is 3.07. The lowest BCUT2D eigenvalue weighted by molar-refractivity contribution is 0.297. The quantitative estimate of drug-likeness (QED) is 0.552. The maximum absolute atomic E-state index is 5.81. The molecule has 0 aliphatic carbocycles. The lowest BCUT2D eigenvalue weighted by atomic mass is 10.1. The monoisotopic (exact) mass is 409 g/mol. The first kappa shape index (κ1) is 19.6. The molecule has 152 valence electrons. The molecule has 2 aromatic carbocycles. The molecule has 0 radical (unpaired) electrons. The van der Waals surface area contributed by atoms with E-state index in [1.165, 1.54) is 11.3 Å². The zero-order valence-electron chi connectivity index (χ0n) is 17.2. The minimum atomic E-state index is 0.684. The van der Waals surface area contributed by atoms with Crippen molar-refractivity contribution in [3.05, 3.63) is 47.3 Å². The van der Waals surface area contributed by atoms with E-state index in [0.29, 0.717) is 13.2 Å². The Bertz CT molecular complexity index is 982. The number of aryl methyl sites for hydroxylation is 1. The maximum Gasteiger partial charge on any atom is 0.187 e. The first-order valence-electron chi connectivity index (χ1n) is 10.2. The zero-order chi connectivity index (χ0) is 20.2. The fraction of sp³-hybridized carbons (Fsp3) is 0.348. The van der Waals surface area contributed by atoms with Crippen molar-refractivity contribution in [2.75, 3.05) is 36.5 Å². The van der Waals surface area contributed by atoms with E-state index in [-0.39, 0.29) is 0 Å². The van der Waals surface area contributed by atoms with Crippen molar-refractivity contribution in [3.63, 3.8) is 0 Å². The highest BCUT2D eigenvalue weighted by molar-refractivity contribution is 7.14. The molecule has 1 aliphatic heterocycles. The molecule has 2 heterocycles. The Morgan fingerprint density at radius 3 is 2.59 bits per heavy atom. The van der Waals surface area contributed by atoms with E-state index in [1.807, 2.05) is 18.2 Å². The van der Waals surface area contributed by atoms with Gasteiger partial charge in [-0.05, 0) is 62.7 Å². The highest BCUT2D eigenvalue weighted by atomic mass is 32.1. The van der Waals surface area contributed by atoms with Gasteiger partial charge in [-0.3, -0.25) is 0 Å². The third-order valence-corrected chi connectivity index (χ3v) is 5.89. The smallest absolute Gasteiger partial charge is 0.187 e. The molecular formula is C23H27N3O2S. The van der Waals surface area contributed by atoms with Crippen molar-refractivity contribution >= 4 is 27.8 Å². The van der Waals surface area contributed by atoms with Crippen LogP contribution < -0.4 is 19.7 Å². The Labute approximate surface area is 176 Å². The molecule has 0 fully saturated rings. The van der Waals surface area contributed by atoms with E-state index in [4.69, 9.17) is 14.5 Å². The van der Waals surface area contributed by atoms with Crippen LogP contribution in [0.5, 0.6) is 11.5 Å². The van der Waals surface area contributed by atoms with Crippen molar-refractivity contribution in [1.29, 1.82) is 0 Å². The molecule has 0 unspecified atom stereocenters. The third-order valence-electron chi connectivity index (χ3n) is 5.13. The van der Waals surface area contributed by atoms with Gasteiger partial charge in [0.1, 0.15) is 0 Å². The normalized spacial score (nSPS) is 13.1. The molecule has 1 N–H and O–H groups in total. The second kappa shape index (κ2) is 8.74. The van der Waals surface area contributed by atoms with Gasteiger partial charge in [-0.2, -0.15) is 0 Å². The van der Waals surface area contributed by atoms with Crippen LogP contribution in [-0.4, -0.2) is 31.3 Å². The Morgan fingerprint density at radius 2 is 1.83 bits per heavy atom. The fourth-order valence-corrected chi connectivity index (χ4v) is 4.21. The van der Waals surface area contributed by atoms with Crippen LogP contribution in [0.2, 0.25) is 0 Å². The Morgan fingerprint density at radius 1 is 1.03 bits per heavy atom. The zero-order valence-corrected chi connectivity index (χ0v) is 18.0. The lowest BCUT2D eigenvalue weighted by Gasteiger charge is -2.22. The molecule has 0 atom stereocenters. The SMILES string of the molecule is CCN(CC)c1ccc(Nc2nc(-c3ccc4c(c3)OCCCO4)cs2)c(C)c1. The van der Waals surface area contributed by atoms with E-state index in [1.54, 1.807) is 11.3 Å². The van der Waals surface area contributed by atoms with Gasteiger partial charge in [0.25, 0.3) is 0 Å². The average molecular weight is 410 g/mol. The number of rotatable bonds is 6. The maximum atomic E-state index is 5.81. The van der Waals surface area contributed by atoms with Gasteiger partial charge in [-0.15, -0.1) is 11.3 Å². The van der Waals surface area contributed by atoms with Crippen molar-refractivity contribution in [3.8, 4) is 22.8 Å². The number of nitrogens with zero attached hydrogens (tertiary/aromatic N) is 2. The van der Waals surface area contributed by atoms with E-state index < -0.39 is 0 Å². The van der Waals surface area contributed by atoms with Crippen LogP contribution in [0.4, 0.5) is 16.5 Å². The highest BCUT2D eigenvalue weighted by Gasteiger charge is 2.13. The molecule has 3 aromatic rings. The van der Waals surface area contributed by atoms with Crippen LogP contribution in [0.1, 0.15) is 25.8 Å². The van der Waals surface area contributed by atoms with E-state index in [9.17, 15) is 0 Å². The van der Waals surface area contributed by atoms with Crippen molar-refractivity contribution < 1.29 is 9.47 Å². The number of thiazole rings is 1. The van der Waals surface area contributed by atoms with Crippen molar-refractivity contribution in [1.82, 2.24) is 4.98 Å². The Hall–Kier alpha value is -2.73. The fourth-order valence-electron chi connectivity index (χ4n) is 3.48. The summed E-state index contributed by atoms with van der Waals surface area (Å²) < 4.78 is 11.5. The summed E-state index contributed by atoms with van der Waals surface area (Å²) in [7, 11) is 0. The number of anilines is 3. The van der Waals surface area contributed by atoms with Gasteiger partial charge in [0, 0.05) is 41.8 Å². The van der Waals surface area contributed by atoms with Gasteiger partial charge in [0.2, 0.25) is 0 Å². The second-order valence-corrected chi connectivity index (χ2v) is 7.90. The number of hydrogen-bond acceptors (Lipinski definition) is 6. The largest absolute Gasteiger partial charge is 0.490 e. The molecule has 0 saturated heterocycles. The summed E-state index contributed by atoms with van der Waals surface area (Å²) in [6, 6.07) is 12.6. The van der Waals surface area contributed by atoms with Crippen LogP contribution in [0.15, 0.2) is 41.8 Å². The summed E-state index contributed by atoms with van der Waals surface area (Å²) in [5.41, 5.74) is 5.52. The topological polar surface area (TPSA) is 46.6 Å². The molecule has 29 heavy (non-hydrogen) atoms.